The van der Waals surface area contributed by atoms with Gasteiger partial charge < -0.3 is 24.3 Å². The summed E-state index contributed by atoms with van der Waals surface area (Å²) in [5, 5.41) is 5.44. The second-order valence-electron chi connectivity index (χ2n) is 2.71. The van der Waals surface area contributed by atoms with E-state index in [1.807, 2.05) is 13.8 Å². The summed E-state index contributed by atoms with van der Waals surface area (Å²) < 4.78 is 0. The van der Waals surface area contributed by atoms with Gasteiger partial charge >= 0.3 is 0 Å². The predicted molar refractivity (Wildman–Crippen MR) is 51.2 cm³/mol. The number of amides is 1. The quantitative estimate of drug-likeness (QED) is 0.581. The third kappa shape index (κ3) is 10.0. The molecular formula is C9H18N2OY-2. The van der Waals surface area contributed by atoms with Gasteiger partial charge in [-0.25, -0.2) is 0 Å². The zero-order chi connectivity index (χ0) is 8.85. The Balaban J connectivity index is -0.000000500. The van der Waals surface area contributed by atoms with Crippen LogP contribution in [0, 0.1) is 13.6 Å². The third-order valence-corrected chi connectivity index (χ3v) is 1.14. The van der Waals surface area contributed by atoms with E-state index in [4.69, 9.17) is 0 Å². The molecule has 0 saturated heterocycles. The molecule has 0 aliphatic carbocycles. The molecule has 13 heavy (non-hydrogen) atoms. The van der Waals surface area contributed by atoms with Crippen LogP contribution in [-0.2, 0) is 37.5 Å². The molecule has 3 nitrogen and oxygen atoms in total. The minimum atomic E-state index is -0.255. The summed E-state index contributed by atoms with van der Waals surface area (Å²) in [5.74, 6) is -0.0313. The van der Waals surface area contributed by atoms with Crippen LogP contribution < -0.4 is 10.6 Å². The van der Waals surface area contributed by atoms with Crippen molar-refractivity contribution in [2.45, 2.75) is 32.9 Å². The van der Waals surface area contributed by atoms with Gasteiger partial charge in [-0.15, -0.1) is 0 Å². The van der Waals surface area contributed by atoms with Crippen molar-refractivity contribution in [3.63, 3.8) is 0 Å². The molecule has 0 aromatic heterocycles. The van der Waals surface area contributed by atoms with Crippen LogP contribution in [0.2, 0.25) is 0 Å². The molecule has 4 heteroatoms. The van der Waals surface area contributed by atoms with E-state index in [0.717, 1.165) is 0 Å². The summed E-state index contributed by atoms with van der Waals surface area (Å²) >= 11 is 0. The molecule has 1 radical (unpaired) electrons. The zero-order valence-electron chi connectivity index (χ0n) is 8.85. The summed E-state index contributed by atoms with van der Waals surface area (Å²) in [6.07, 6.45) is 2.46. The van der Waals surface area contributed by atoms with Gasteiger partial charge in [0.25, 0.3) is 0 Å². The average molecular weight is 259 g/mol. The van der Waals surface area contributed by atoms with E-state index in [0.29, 0.717) is 0 Å². The molecule has 0 heterocycles. The van der Waals surface area contributed by atoms with Crippen LogP contribution in [0.3, 0.4) is 0 Å². The Kier molecular flexibility index (Phi) is 14.8. The number of nitrogens with one attached hydrogen (secondary N) is 2. The molecule has 0 aliphatic rings. The molecule has 0 fully saturated rings. The van der Waals surface area contributed by atoms with Crippen molar-refractivity contribution in [3.05, 3.63) is 20.2 Å². The van der Waals surface area contributed by atoms with E-state index in [-0.39, 0.29) is 58.1 Å². The first-order chi connectivity index (χ1) is 5.07. The monoisotopic (exact) mass is 259 g/mol. The second kappa shape index (κ2) is 10.2. The number of hydrogen-bond acceptors (Lipinski definition) is 2. The van der Waals surface area contributed by atoms with Crippen LogP contribution in [0.15, 0.2) is 6.58 Å². The van der Waals surface area contributed by atoms with Crippen molar-refractivity contribution < 1.29 is 37.5 Å². The number of carbonyl (C=O) groups is 1. The van der Waals surface area contributed by atoms with E-state index in [9.17, 15) is 4.79 Å². The maximum atomic E-state index is 11.1. The average Bonchev–Trinajstić information content (AvgIpc) is 1.86. The first-order valence-corrected chi connectivity index (χ1v) is 3.66. The Morgan fingerprint density at radius 2 is 1.85 bits per heavy atom. The number of carbonyl (C=O) groups excluding carboxylic acids is 1. The Bertz CT molecular complexity index is 149. The van der Waals surface area contributed by atoms with Crippen molar-refractivity contribution in [2.24, 2.45) is 0 Å². The van der Waals surface area contributed by atoms with Crippen molar-refractivity contribution in [3.8, 4) is 0 Å². The molecular weight excluding hydrogens is 241 g/mol. The molecule has 75 valence electrons. The predicted octanol–water partition coefficient (Wildman–Crippen LogP) is 0.884. The molecule has 0 rings (SSSR count). The Morgan fingerprint density at radius 3 is 2.15 bits per heavy atom. The van der Waals surface area contributed by atoms with Crippen molar-refractivity contribution >= 4 is 5.91 Å². The van der Waals surface area contributed by atoms with E-state index in [2.05, 4.69) is 23.4 Å². The molecule has 0 spiro atoms. The largest absolute Gasteiger partial charge is 0.558 e. The van der Waals surface area contributed by atoms with Gasteiger partial charge in [-0.2, -0.15) is 0 Å². The van der Waals surface area contributed by atoms with Crippen molar-refractivity contribution in [1.29, 1.82) is 0 Å². The van der Waals surface area contributed by atoms with Crippen LogP contribution in [0.25, 0.3) is 0 Å². The summed E-state index contributed by atoms with van der Waals surface area (Å²) in [6.45, 7) is 8.94. The Labute approximate surface area is 107 Å². The fraction of sp³-hybridized carbons (Fsp3) is 0.556. The van der Waals surface area contributed by atoms with E-state index in [1.54, 1.807) is 6.92 Å². The minimum absolute atomic E-state index is 0. The van der Waals surface area contributed by atoms with Gasteiger partial charge in [-0.05, 0) is 20.8 Å². The SMILES string of the molecule is C=[C-]N[C@@H](C)C(=O)NC(C)C.[CH3-].[Y]. The van der Waals surface area contributed by atoms with Crippen LogP contribution in [-0.4, -0.2) is 18.0 Å². The van der Waals surface area contributed by atoms with Crippen LogP contribution in [0.5, 0.6) is 0 Å². The summed E-state index contributed by atoms with van der Waals surface area (Å²) in [6, 6.07) is -0.0773. The first kappa shape index (κ1) is 18.8. The molecule has 0 unspecified atom stereocenters. The molecule has 0 aromatic carbocycles. The van der Waals surface area contributed by atoms with Gasteiger partial charge in [0.15, 0.2) is 0 Å². The fourth-order valence-electron chi connectivity index (χ4n) is 0.628. The summed E-state index contributed by atoms with van der Waals surface area (Å²) in [7, 11) is 0. The van der Waals surface area contributed by atoms with Crippen molar-refractivity contribution in [2.75, 3.05) is 0 Å². The third-order valence-electron chi connectivity index (χ3n) is 1.14. The van der Waals surface area contributed by atoms with E-state index >= 15 is 0 Å². The summed E-state index contributed by atoms with van der Waals surface area (Å²) in [4.78, 5) is 11.1. The molecule has 1 atom stereocenters. The maximum absolute atomic E-state index is 11.1. The van der Waals surface area contributed by atoms with Gasteiger partial charge in [-0.1, -0.05) is 0 Å². The molecule has 0 bridgehead atoms. The van der Waals surface area contributed by atoms with Gasteiger partial charge in [0.2, 0.25) is 5.91 Å². The Morgan fingerprint density at radius 1 is 1.38 bits per heavy atom. The minimum Gasteiger partial charge on any atom is -0.558 e. The second-order valence-corrected chi connectivity index (χ2v) is 2.71. The van der Waals surface area contributed by atoms with Crippen molar-refractivity contribution in [1.82, 2.24) is 10.6 Å². The maximum Gasteiger partial charge on any atom is 0.239 e. The van der Waals surface area contributed by atoms with Gasteiger partial charge in [0.05, 0.1) is 6.04 Å². The molecule has 0 aliphatic heterocycles. The van der Waals surface area contributed by atoms with Gasteiger partial charge in [0, 0.05) is 38.8 Å². The zero-order valence-corrected chi connectivity index (χ0v) is 11.7. The van der Waals surface area contributed by atoms with Crippen LogP contribution in [0.4, 0.5) is 0 Å². The molecule has 0 saturated carbocycles. The molecule has 0 aromatic rings. The number of rotatable bonds is 4. The van der Waals surface area contributed by atoms with E-state index < -0.39 is 0 Å². The topological polar surface area (TPSA) is 41.1 Å². The normalized spacial score (nSPS) is 10.5. The smallest absolute Gasteiger partial charge is 0.239 e. The Hall–Kier alpha value is 0.114. The van der Waals surface area contributed by atoms with Gasteiger partial charge in [-0.3, -0.25) is 11.4 Å². The number of hydrogen-bond donors (Lipinski definition) is 2. The van der Waals surface area contributed by atoms with E-state index in [1.165, 1.54) is 0 Å². The van der Waals surface area contributed by atoms with Crippen LogP contribution >= 0.6 is 0 Å². The molecule has 2 N–H and O–H groups in total. The van der Waals surface area contributed by atoms with Gasteiger partial charge in [0.1, 0.15) is 0 Å². The fourth-order valence-corrected chi connectivity index (χ4v) is 0.628. The molecule has 1 amide bonds. The standard InChI is InChI=1S/C8H15N2O.CH3.Y/c1-5-9-7(4)8(11)10-6(2)3;;/h6-7,9H,1H2,2-4H3,(H,10,11);1H3;/q2*-1;/t7-;;/m0../s1. The van der Waals surface area contributed by atoms with Crippen LogP contribution in [0.1, 0.15) is 20.8 Å². The first-order valence-electron chi connectivity index (χ1n) is 3.66. The summed E-state index contributed by atoms with van der Waals surface area (Å²) in [5.41, 5.74) is 0.